The number of nitrogens with one attached hydrogen (secondary N) is 2. The molecule has 1 aromatic heterocycles. The fourth-order valence-electron chi connectivity index (χ4n) is 2.39. The number of H-pyrrole nitrogens is 1. The zero-order valence-electron chi connectivity index (χ0n) is 14.5. The van der Waals surface area contributed by atoms with Crippen molar-refractivity contribution in [3.05, 3.63) is 57.3 Å². The van der Waals surface area contributed by atoms with Crippen LogP contribution in [0.2, 0.25) is 5.02 Å². The number of nitrogens with zero attached hydrogens (tertiary/aromatic N) is 2. The molecule has 0 aliphatic heterocycles. The van der Waals surface area contributed by atoms with E-state index >= 15 is 0 Å². The number of aryl methyl sites for hydroxylation is 1. The highest BCUT2D eigenvalue weighted by atomic mass is 35.5. The highest BCUT2D eigenvalue weighted by molar-refractivity contribution is 6.31. The minimum absolute atomic E-state index is 0.201. The van der Waals surface area contributed by atoms with E-state index in [-0.39, 0.29) is 17.2 Å². The molecule has 0 amide bonds. The molecular formula is C18H17ClN4O3. The summed E-state index contributed by atoms with van der Waals surface area (Å²) in [5, 5.41) is 11.7. The molecule has 3 aromatic rings. The van der Waals surface area contributed by atoms with E-state index in [1.807, 2.05) is 6.92 Å². The normalized spacial score (nSPS) is 10.5. The number of hydrogen-bond acceptors (Lipinski definition) is 6. The van der Waals surface area contributed by atoms with Crippen LogP contribution in [0.3, 0.4) is 0 Å². The molecule has 0 unspecified atom stereocenters. The van der Waals surface area contributed by atoms with Crippen LogP contribution in [0.15, 0.2) is 41.2 Å². The van der Waals surface area contributed by atoms with Crippen LogP contribution in [0.1, 0.15) is 5.56 Å². The van der Waals surface area contributed by atoms with E-state index in [9.17, 15) is 4.79 Å². The zero-order chi connectivity index (χ0) is 18.7. The molecule has 1 heterocycles. The van der Waals surface area contributed by atoms with Gasteiger partial charge in [0, 0.05) is 16.7 Å². The second-order valence-corrected chi connectivity index (χ2v) is 5.91. The number of benzene rings is 2. The van der Waals surface area contributed by atoms with E-state index < -0.39 is 0 Å². The third kappa shape index (κ3) is 3.62. The minimum atomic E-state index is -0.364. The number of aromatic amines is 1. The Morgan fingerprint density at radius 1 is 1.08 bits per heavy atom. The van der Waals surface area contributed by atoms with Crippen LogP contribution in [0, 0.1) is 6.92 Å². The first kappa shape index (κ1) is 17.8. The summed E-state index contributed by atoms with van der Waals surface area (Å²) in [5.74, 6) is 1.43. The Morgan fingerprint density at radius 2 is 1.81 bits per heavy atom. The van der Waals surface area contributed by atoms with E-state index in [2.05, 4.69) is 20.5 Å². The van der Waals surface area contributed by atoms with Crippen LogP contribution in [0.4, 0.5) is 11.6 Å². The van der Waals surface area contributed by atoms with Crippen LogP contribution in [0.25, 0.3) is 11.3 Å². The summed E-state index contributed by atoms with van der Waals surface area (Å²) in [4.78, 5) is 15.1. The van der Waals surface area contributed by atoms with Gasteiger partial charge >= 0.3 is 0 Å². The van der Waals surface area contributed by atoms with E-state index in [1.165, 1.54) is 7.11 Å². The number of rotatable bonds is 5. The van der Waals surface area contributed by atoms with Crippen molar-refractivity contribution in [3.63, 3.8) is 0 Å². The van der Waals surface area contributed by atoms with Gasteiger partial charge in [-0.25, -0.2) is 0 Å². The van der Waals surface area contributed by atoms with Crippen LogP contribution in [0.5, 0.6) is 11.5 Å². The fourth-order valence-corrected chi connectivity index (χ4v) is 2.54. The molecular weight excluding hydrogens is 356 g/mol. The lowest BCUT2D eigenvalue weighted by molar-refractivity contribution is 0.415. The second kappa shape index (κ2) is 7.45. The summed E-state index contributed by atoms with van der Waals surface area (Å²) in [5.41, 5.74) is 1.98. The molecule has 0 saturated heterocycles. The van der Waals surface area contributed by atoms with Crippen molar-refractivity contribution in [2.24, 2.45) is 0 Å². The maximum absolute atomic E-state index is 12.4. The predicted molar refractivity (Wildman–Crippen MR) is 101 cm³/mol. The van der Waals surface area contributed by atoms with E-state index in [4.69, 9.17) is 21.1 Å². The van der Waals surface area contributed by atoms with Gasteiger partial charge in [0.1, 0.15) is 11.5 Å². The van der Waals surface area contributed by atoms with Gasteiger partial charge in [0.15, 0.2) is 5.69 Å². The van der Waals surface area contributed by atoms with Gasteiger partial charge in [-0.15, -0.1) is 10.2 Å². The molecule has 0 spiro atoms. The average Bonchev–Trinajstić information content (AvgIpc) is 2.65. The molecule has 0 fully saturated rings. The van der Waals surface area contributed by atoms with Crippen molar-refractivity contribution in [2.75, 3.05) is 19.5 Å². The van der Waals surface area contributed by atoms with Crippen LogP contribution in [-0.4, -0.2) is 29.4 Å². The van der Waals surface area contributed by atoms with Gasteiger partial charge in [-0.3, -0.25) is 9.78 Å². The molecule has 134 valence electrons. The SMILES string of the molecule is COc1ccc(-c2nnc(Nc3cc(C)c(Cl)cc3OC)[nH]c2=O)cc1. The number of ether oxygens (including phenoxy) is 2. The Morgan fingerprint density at radius 3 is 2.42 bits per heavy atom. The van der Waals surface area contributed by atoms with Crippen LogP contribution >= 0.6 is 11.6 Å². The van der Waals surface area contributed by atoms with Crippen molar-refractivity contribution in [2.45, 2.75) is 6.92 Å². The van der Waals surface area contributed by atoms with Gasteiger partial charge < -0.3 is 14.8 Å². The number of methoxy groups -OCH3 is 2. The summed E-state index contributed by atoms with van der Waals surface area (Å²) in [6.07, 6.45) is 0. The van der Waals surface area contributed by atoms with Crippen molar-refractivity contribution in [1.29, 1.82) is 0 Å². The monoisotopic (exact) mass is 372 g/mol. The lowest BCUT2D eigenvalue weighted by atomic mass is 10.1. The molecule has 8 heteroatoms. The first-order valence-electron chi connectivity index (χ1n) is 7.74. The van der Waals surface area contributed by atoms with E-state index in [0.29, 0.717) is 27.8 Å². The Labute approximate surface area is 155 Å². The Hall–Kier alpha value is -3.06. The third-order valence-corrected chi connectivity index (χ3v) is 4.20. The lowest BCUT2D eigenvalue weighted by Gasteiger charge is -2.12. The molecule has 7 nitrogen and oxygen atoms in total. The molecule has 0 radical (unpaired) electrons. The van der Waals surface area contributed by atoms with Gasteiger partial charge in [0.25, 0.3) is 5.56 Å². The van der Waals surface area contributed by atoms with Gasteiger partial charge in [-0.05, 0) is 42.8 Å². The highest BCUT2D eigenvalue weighted by Gasteiger charge is 2.11. The van der Waals surface area contributed by atoms with Crippen molar-refractivity contribution < 1.29 is 9.47 Å². The van der Waals surface area contributed by atoms with E-state index in [0.717, 1.165) is 5.56 Å². The van der Waals surface area contributed by atoms with Crippen molar-refractivity contribution >= 4 is 23.2 Å². The van der Waals surface area contributed by atoms with Crippen molar-refractivity contribution in [1.82, 2.24) is 15.2 Å². The average molecular weight is 373 g/mol. The molecule has 2 N–H and O–H groups in total. The zero-order valence-corrected chi connectivity index (χ0v) is 15.2. The number of anilines is 2. The maximum Gasteiger partial charge on any atom is 0.279 e. The summed E-state index contributed by atoms with van der Waals surface area (Å²) in [6, 6.07) is 10.5. The highest BCUT2D eigenvalue weighted by Crippen LogP contribution is 2.32. The summed E-state index contributed by atoms with van der Waals surface area (Å²) in [7, 11) is 3.11. The quantitative estimate of drug-likeness (QED) is 0.711. The minimum Gasteiger partial charge on any atom is -0.497 e. The summed E-state index contributed by atoms with van der Waals surface area (Å²) in [6.45, 7) is 1.87. The third-order valence-electron chi connectivity index (χ3n) is 3.79. The number of hydrogen-bond donors (Lipinski definition) is 2. The van der Waals surface area contributed by atoms with Crippen LogP contribution in [-0.2, 0) is 0 Å². The number of aromatic nitrogens is 3. The maximum atomic E-state index is 12.4. The fraction of sp³-hybridized carbons (Fsp3) is 0.167. The van der Waals surface area contributed by atoms with Gasteiger partial charge in [0.2, 0.25) is 5.95 Å². The van der Waals surface area contributed by atoms with Crippen LogP contribution < -0.4 is 20.3 Å². The van der Waals surface area contributed by atoms with E-state index in [1.54, 1.807) is 43.5 Å². The summed E-state index contributed by atoms with van der Waals surface area (Å²) >= 11 is 6.10. The van der Waals surface area contributed by atoms with Gasteiger partial charge in [-0.2, -0.15) is 0 Å². The number of halogens is 1. The molecule has 0 aliphatic rings. The summed E-state index contributed by atoms with van der Waals surface area (Å²) < 4.78 is 10.4. The molecule has 2 aromatic carbocycles. The standard InChI is InChI=1S/C18H17ClN4O3/c1-10-8-14(15(26-3)9-13(10)19)20-18-21-17(24)16(22-23-18)11-4-6-12(25-2)7-5-11/h4-9H,1-3H3,(H2,20,21,23,24). The van der Waals surface area contributed by atoms with Gasteiger partial charge in [-0.1, -0.05) is 11.6 Å². The molecule has 0 atom stereocenters. The Kier molecular flexibility index (Phi) is 5.09. The predicted octanol–water partition coefficient (Wildman–Crippen LogP) is 3.55. The molecule has 26 heavy (non-hydrogen) atoms. The smallest absolute Gasteiger partial charge is 0.279 e. The molecule has 0 bridgehead atoms. The largest absolute Gasteiger partial charge is 0.497 e. The second-order valence-electron chi connectivity index (χ2n) is 5.51. The van der Waals surface area contributed by atoms with Gasteiger partial charge in [0.05, 0.1) is 19.9 Å². The van der Waals surface area contributed by atoms with Crippen molar-refractivity contribution in [3.8, 4) is 22.8 Å². The first-order chi connectivity index (χ1) is 12.5. The molecule has 0 aliphatic carbocycles. The Balaban J connectivity index is 1.90. The lowest BCUT2D eigenvalue weighted by Crippen LogP contribution is -2.15. The molecule has 3 rings (SSSR count). The first-order valence-corrected chi connectivity index (χ1v) is 8.12. The Bertz CT molecular complexity index is 987. The topological polar surface area (TPSA) is 89.1 Å². The molecule has 0 saturated carbocycles.